The molecule has 0 aliphatic carbocycles. The molecule has 0 spiro atoms. The lowest BCUT2D eigenvalue weighted by atomic mass is 10.1. The molecule has 7 heteroatoms. The van der Waals surface area contributed by atoms with Crippen LogP contribution < -0.4 is 5.32 Å². The summed E-state index contributed by atoms with van der Waals surface area (Å²) in [5.74, 6) is 1.40. The van der Waals surface area contributed by atoms with Gasteiger partial charge in [-0.05, 0) is 31.5 Å². The largest absolute Gasteiger partial charge is 0.340 e. The molecule has 0 amide bonds. The fraction of sp³-hybridized carbons (Fsp3) is 0.471. The van der Waals surface area contributed by atoms with Crippen LogP contribution in [0.5, 0.6) is 0 Å². The van der Waals surface area contributed by atoms with Gasteiger partial charge in [0.25, 0.3) is 0 Å². The van der Waals surface area contributed by atoms with Crippen LogP contribution in [0, 0.1) is 6.92 Å². The molecule has 0 radical (unpaired) electrons. The summed E-state index contributed by atoms with van der Waals surface area (Å²) in [4.78, 5) is 11.3. The smallest absolute Gasteiger partial charge is 0.223 e. The van der Waals surface area contributed by atoms with Gasteiger partial charge in [0.15, 0.2) is 5.82 Å². The van der Waals surface area contributed by atoms with E-state index >= 15 is 0 Å². The Morgan fingerprint density at radius 2 is 2.29 bits per heavy atom. The van der Waals surface area contributed by atoms with E-state index < -0.39 is 0 Å². The molecule has 3 aromatic rings. The van der Waals surface area contributed by atoms with Crippen LogP contribution in [0.2, 0.25) is 0 Å². The topological polar surface area (TPSA) is 71.5 Å². The number of hydrogen-bond donors (Lipinski definition) is 1. The Labute approximate surface area is 140 Å². The summed E-state index contributed by atoms with van der Waals surface area (Å²) in [6.07, 6.45) is 6.49. The molecule has 1 aliphatic heterocycles. The SMILES string of the molecule is Cc1nc(CN2CCCC(NCc3cn4ccccc4n3)C2)no1. The maximum absolute atomic E-state index is 5.05. The van der Waals surface area contributed by atoms with Crippen LogP contribution in [-0.4, -0.2) is 43.6 Å². The van der Waals surface area contributed by atoms with Crippen molar-refractivity contribution in [3.05, 3.63) is 48.0 Å². The lowest BCUT2D eigenvalue weighted by Crippen LogP contribution is -2.45. The van der Waals surface area contributed by atoms with Crippen molar-refractivity contribution in [2.24, 2.45) is 0 Å². The number of aromatic nitrogens is 4. The molecule has 0 aromatic carbocycles. The van der Waals surface area contributed by atoms with Crippen molar-refractivity contribution in [2.45, 2.75) is 38.9 Å². The van der Waals surface area contributed by atoms with Crippen LogP contribution in [0.3, 0.4) is 0 Å². The van der Waals surface area contributed by atoms with E-state index in [0.717, 1.165) is 43.3 Å². The molecule has 126 valence electrons. The van der Waals surface area contributed by atoms with E-state index in [-0.39, 0.29) is 0 Å². The number of pyridine rings is 1. The zero-order valence-corrected chi connectivity index (χ0v) is 13.9. The molecule has 1 atom stereocenters. The van der Waals surface area contributed by atoms with Gasteiger partial charge < -0.3 is 14.2 Å². The van der Waals surface area contributed by atoms with Gasteiger partial charge in [-0.25, -0.2) is 4.98 Å². The van der Waals surface area contributed by atoms with Gasteiger partial charge in [0.05, 0.1) is 12.2 Å². The number of piperidine rings is 1. The minimum atomic E-state index is 0.469. The Morgan fingerprint density at radius 1 is 1.33 bits per heavy atom. The number of hydrogen-bond acceptors (Lipinski definition) is 6. The first-order valence-electron chi connectivity index (χ1n) is 8.44. The normalized spacial score (nSPS) is 19.1. The molecule has 0 saturated carbocycles. The highest BCUT2D eigenvalue weighted by atomic mass is 16.5. The van der Waals surface area contributed by atoms with E-state index in [9.17, 15) is 0 Å². The fourth-order valence-electron chi connectivity index (χ4n) is 3.29. The number of rotatable bonds is 5. The fourth-order valence-corrected chi connectivity index (χ4v) is 3.29. The molecule has 1 N–H and O–H groups in total. The number of nitrogens with zero attached hydrogens (tertiary/aromatic N) is 5. The number of fused-ring (bicyclic) bond motifs is 1. The summed E-state index contributed by atoms with van der Waals surface area (Å²) in [7, 11) is 0. The zero-order chi connectivity index (χ0) is 16.4. The molecule has 1 saturated heterocycles. The molecule has 7 nitrogen and oxygen atoms in total. The van der Waals surface area contributed by atoms with Gasteiger partial charge in [-0.3, -0.25) is 4.90 Å². The standard InChI is InChI=1S/C17H22N6O/c1-13-19-16(21-24-13)12-22-7-4-5-14(10-22)18-9-15-11-23-8-3-2-6-17(23)20-15/h2-3,6,8,11,14,18H,4-5,7,9-10,12H2,1H3. The molecular weight excluding hydrogens is 304 g/mol. The summed E-state index contributed by atoms with van der Waals surface area (Å²) in [6, 6.07) is 6.53. The molecule has 24 heavy (non-hydrogen) atoms. The van der Waals surface area contributed by atoms with Crippen molar-refractivity contribution in [2.75, 3.05) is 13.1 Å². The second-order valence-corrected chi connectivity index (χ2v) is 6.38. The second-order valence-electron chi connectivity index (χ2n) is 6.38. The number of likely N-dealkylation sites (tertiary alicyclic amines) is 1. The minimum absolute atomic E-state index is 0.469. The Bertz CT molecular complexity index is 777. The van der Waals surface area contributed by atoms with Crippen molar-refractivity contribution < 1.29 is 4.52 Å². The molecule has 1 unspecified atom stereocenters. The highest BCUT2D eigenvalue weighted by Gasteiger charge is 2.21. The van der Waals surface area contributed by atoms with Gasteiger partial charge in [-0.15, -0.1) is 0 Å². The van der Waals surface area contributed by atoms with Gasteiger partial charge in [-0.1, -0.05) is 11.2 Å². The molecule has 3 aromatic heterocycles. The Balaban J connectivity index is 1.32. The highest BCUT2D eigenvalue weighted by molar-refractivity contribution is 5.39. The van der Waals surface area contributed by atoms with E-state index in [4.69, 9.17) is 4.52 Å². The summed E-state index contributed by atoms with van der Waals surface area (Å²) in [6.45, 7) is 5.46. The van der Waals surface area contributed by atoms with Crippen LogP contribution in [0.4, 0.5) is 0 Å². The van der Waals surface area contributed by atoms with E-state index in [2.05, 4.69) is 35.9 Å². The highest BCUT2D eigenvalue weighted by Crippen LogP contribution is 2.13. The number of nitrogens with one attached hydrogen (secondary N) is 1. The predicted octanol–water partition coefficient (Wildman–Crippen LogP) is 1.78. The van der Waals surface area contributed by atoms with Gasteiger partial charge >= 0.3 is 0 Å². The summed E-state index contributed by atoms with van der Waals surface area (Å²) in [5, 5.41) is 7.63. The number of aryl methyl sites for hydroxylation is 1. The third kappa shape index (κ3) is 3.47. The first-order chi connectivity index (χ1) is 11.8. The van der Waals surface area contributed by atoms with Crippen LogP contribution in [0.1, 0.15) is 30.3 Å². The number of imidazole rings is 1. The first-order valence-corrected chi connectivity index (χ1v) is 8.44. The van der Waals surface area contributed by atoms with Crippen LogP contribution in [0.25, 0.3) is 5.65 Å². The van der Waals surface area contributed by atoms with Crippen molar-refractivity contribution in [1.29, 1.82) is 0 Å². The van der Waals surface area contributed by atoms with Crippen LogP contribution in [-0.2, 0) is 13.1 Å². The molecule has 4 rings (SSSR count). The van der Waals surface area contributed by atoms with Gasteiger partial charge in [0.2, 0.25) is 5.89 Å². The Kier molecular flexibility index (Phi) is 4.27. The average molecular weight is 326 g/mol. The third-order valence-electron chi connectivity index (χ3n) is 4.43. The molecule has 0 bridgehead atoms. The van der Waals surface area contributed by atoms with Crippen molar-refractivity contribution in [3.8, 4) is 0 Å². The molecule has 1 fully saturated rings. The van der Waals surface area contributed by atoms with Gasteiger partial charge in [-0.2, -0.15) is 4.98 Å². The summed E-state index contributed by atoms with van der Waals surface area (Å²) in [5.41, 5.74) is 2.07. The summed E-state index contributed by atoms with van der Waals surface area (Å²) < 4.78 is 7.11. The average Bonchev–Trinajstić information content (AvgIpc) is 3.19. The van der Waals surface area contributed by atoms with E-state index in [1.807, 2.05) is 31.3 Å². The van der Waals surface area contributed by atoms with Gasteiger partial charge in [0.1, 0.15) is 5.65 Å². The Hall–Kier alpha value is -2.25. The van der Waals surface area contributed by atoms with E-state index in [0.29, 0.717) is 11.9 Å². The first kappa shape index (κ1) is 15.3. The summed E-state index contributed by atoms with van der Waals surface area (Å²) >= 11 is 0. The third-order valence-corrected chi connectivity index (χ3v) is 4.43. The van der Waals surface area contributed by atoms with Crippen molar-refractivity contribution in [3.63, 3.8) is 0 Å². The van der Waals surface area contributed by atoms with Crippen LogP contribution in [0.15, 0.2) is 35.1 Å². The Morgan fingerprint density at radius 3 is 3.12 bits per heavy atom. The maximum Gasteiger partial charge on any atom is 0.223 e. The van der Waals surface area contributed by atoms with E-state index in [1.54, 1.807) is 0 Å². The quantitative estimate of drug-likeness (QED) is 0.770. The second kappa shape index (κ2) is 6.70. The van der Waals surface area contributed by atoms with Crippen molar-refractivity contribution in [1.82, 2.24) is 29.7 Å². The van der Waals surface area contributed by atoms with Gasteiger partial charge in [0, 0.05) is 38.4 Å². The van der Waals surface area contributed by atoms with Crippen LogP contribution >= 0.6 is 0 Å². The predicted molar refractivity (Wildman–Crippen MR) is 89.4 cm³/mol. The lowest BCUT2D eigenvalue weighted by molar-refractivity contribution is 0.177. The van der Waals surface area contributed by atoms with Crippen molar-refractivity contribution >= 4 is 5.65 Å². The zero-order valence-electron chi connectivity index (χ0n) is 13.9. The minimum Gasteiger partial charge on any atom is -0.340 e. The lowest BCUT2D eigenvalue weighted by Gasteiger charge is -2.32. The monoisotopic (exact) mass is 326 g/mol. The molecular formula is C17H22N6O. The molecule has 1 aliphatic rings. The maximum atomic E-state index is 5.05. The van der Waals surface area contributed by atoms with E-state index in [1.165, 1.54) is 12.8 Å². The molecule has 4 heterocycles.